The van der Waals surface area contributed by atoms with E-state index in [4.69, 9.17) is 0 Å². The van der Waals surface area contributed by atoms with Gasteiger partial charge in [0.25, 0.3) is 0 Å². The van der Waals surface area contributed by atoms with Crippen LogP contribution in [0.5, 0.6) is 0 Å². The molecule has 0 aromatic heterocycles. The van der Waals surface area contributed by atoms with Crippen LogP contribution in [0.1, 0.15) is 25.0 Å². The molecule has 0 bridgehead atoms. The smallest absolute Gasteiger partial charge is 0.225 e. The molecule has 0 aliphatic carbocycles. The van der Waals surface area contributed by atoms with Gasteiger partial charge in [-0.25, -0.2) is 0 Å². The van der Waals surface area contributed by atoms with E-state index in [-0.39, 0.29) is 11.3 Å². The Morgan fingerprint density at radius 2 is 1.80 bits per heavy atom. The Bertz CT molecular complexity index is 338. The van der Waals surface area contributed by atoms with Crippen LogP contribution in [0.3, 0.4) is 0 Å². The number of benzene rings is 1. The predicted molar refractivity (Wildman–Crippen MR) is 62.7 cm³/mol. The number of rotatable bonds is 3. The summed E-state index contributed by atoms with van der Waals surface area (Å²) >= 11 is 0. The summed E-state index contributed by atoms with van der Waals surface area (Å²) in [7, 11) is 1.68. The van der Waals surface area contributed by atoms with Crippen LogP contribution in [-0.4, -0.2) is 13.0 Å². The van der Waals surface area contributed by atoms with Crippen LogP contribution in [0.15, 0.2) is 24.3 Å². The first-order valence-corrected chi connectivity index (χ1v) is 5.23. The lowest BCUT2D eigenvalue weighted by Gasteiger charge is -2.22. The standard InChI is InChI=1S/C13H19NO/c1-10-5-7-11(8-6-10)9-13(2,3)12(15)14-4/h5-8H,9H2,1-4H3,(H,14,15). The number of nitrogens with one attached hydrogen (secondary N) is 1. The van der Waals surface area contributed by atoms with Crippen LogP contribution in [0.25, 0.3) is 0 Å². The number of aryl methyl sites for hydroxylation is 1. The molecule has 1 rings (SSSR count). The van der Waals surface area contributed by atoms with Gasteiger partial charge in [0.05, 0.1) is 0 Å². The topological polar surface area (TPSA) is 29.1 Å². The molecule has 1 N–H and O–H groups in total. The minimum Gasteiger partial charge on any atom is -0.359 e. The second-order valence-corrected chi connectivity index (χ2v) is 4.63. The fourth-order valence-corrected chi connectivity index (χ4v) is 1.63. The van der Waals surface area contributed by atoms with E-state index in [1.165, 1.54) is 11.1 Å². The second-order valence-electron chi connectivity index (χ2n) is 4.63. The van der Waals surface area contributed by atoms with Crippen LogP contribution < -0.4 is 5.32 Å². The molecule has 15 heavy (non-hydrogen) atoms. The fourth-order valence-electron chi connectivity index (χ4n) is 1.63. The van der Waals surface area contributed by atoms with Crippen molar-refractivity contribution in [3.05, 3.63) is 35.4 Å². The molecule has 1 aromatic carbocycles. The Morgan fingerprint density at radius 3 is 2.27 bits per heavy atom. The van der Waals surface area contributed by atoms with Gasteiger partial charge in [-0.3, -0.25) is 4.79 Å². The molecule has 0 spiro atoms. The highest BCUT2D eigenvalue weighted by Gasteiger charge is 2.26. The zero-order valence-electron chi connectivity index (χ0n) is 9.92. The lowest BCUT2D eigenvalue weighted by atomic mass is 9.85. The third-order valence-corrected chi connectivity index (χ3v) is 2.61. The van der Waals surface area contributed by atoms with Crippen molar-refractivity contribution in [3.8, 4) is 0 Å². The fraction of sp³-hybridized carbons (Fsp3) is 0.462. The average molecular weight is 205 g/mol. The number of hydrogen-bond acceptors (Lipinski definition) is 1. The Hall–Kier alpha value is -1.31. The van der Waals surface area contributed by atoms with Gasteiger partial charge in [-0.1, -0.05) is 43.7 Å². The van der Waals surface area contributed by atoms with E-state index >= 15 is 0 Å². The maximum atomic E-state index is 11.6. The number of hydrogen-bond donors (Lipinski definition) is 1. The van der Waals surface area contributed by atoms with E-state index in [0.29, 0.717) is 0 Å². The van der Waals surface area contributed by atoms with Gasteiger partial charge < -0.3 is 5.32 Å². The Morgan fingerprint density at radius 1 is 1.27 bits per heavy atom. The van der Waals surface area contributed by atoms with Crippen molar-refractivity contribution in [2.75, 3.05) is 7.05 Å². The molecule has 0 aliphatic heterocycles. The summed E-state index contributed by atoms with van der Waals surface area (Å²) in [6.07, 6.45) is 0.771. The molecule has 1 amide bonds. The third kappa shape index (κ3) is 3.08. The number of amides is 1. The Labute approximate surface area is 91.7 Å². The first-order chi connectivity index (χ1) is 6.95. The maximum Gasteiger partial charge on any atom is 0.225 e. The van der Waals surface area contributed by atoms with E-state index in [0.717, 1.165) is 6.42 Å². The van der Waals surface area contributed by atoms with E-state index in [1.54, 1.807) is 7.05 Å². The third-order valence-electron chi connectivity index (χ3n) is 2.61. The van der Waals surface area contributed by atoms with Gasteiger partial charge in [-0.05, 0) is 18.9 Å². The van der Waals surface area contributed by atoms with Crippen molar-refractivity contribution in [3.63, 3.8) is 0 Å². The van der Waals surface area contributed by atoms with Crippen LogP contribution in [0, 0.1) is 12.3 Å². The van der Waals surface area contributed by atoms with Gasteiger partial charge in [0, 0.05) is 12.5 Å². The average Bonchev–Trinajstić information content (AvgIpc) is 2.20. The Kier molecular flexibility index (Phi) is 3.51. The summed E-state index contributed by atoms with van der Waals surface area (Å²) in [6, 6.07) is 8.32. The zero-order chi connectivity index (χ0) is 11.5. The molecule has 2 heteroatoms. The lowest BCUT2D eigenvalue weighted by Crippen LogP contribution is -2.36. The molecule has 0 aliphatic rings. The quantitative estimate of drug-likeness (QED) is 0.806. The Balaban J connectivity index is 2.77. The lowest BCUT2D eigenvalue weighted by molar-refractivity contribution is -0.128. The monoisotopic (exact) mass is 205 g/mol. The highest BCUT2D eigenvalue weighted by molar-refractivity contribution is 5.81. The minimum absolute atomic E-state index is 0.0862. The van der Waals surface area contributed by atoms with Crippen LogP contribution in [-0.2, 0) is 11.2 Å². The molecule has 0 fully saturated rings. The largest absolute Gasteiger partial charge is 0.359 e. The van der Waals surface area contributed by atoms with Crippen molar-refractivity contribution >= 4 is 5.91 Å². The summed E-state index contributed by atoms with van der Waals surface area (Å²) in [5.41, 5.74) is 2.11. The number of carbonyl (C=O) groups excluding carboxylic acids is 1. The molecule has 82 valence electrons. The van der Waals surface area contributed by atoms with Gasteiger partial charge in [0.2, 0.25) is 5.91 Å². The maximum absolute atomic E-state index is 11.6. The van der Waals surface area contributed by atoms with Crippen molar-refractivity contribution in [1.29, 1.82) is 0 Å². The van der Waals surface area contributed by atoms with Gasteiger partial charge in [-0.2, -0.15) is 0 Å². The molecular weight excluding hydrogens is 186 g/mol. The second kappa shape index (κ2) is 4.47. The van der Waals surface area contributed by atoms with Gasteiger partial charge in [0.1, 0.15) is 0 Å². The minimum atomic E-state index is -0.343. The molecule has 0 heterocycles. The van der Waals surface area contributed by atoms with Crippen molar-refractivity contribution in [1.82, 2.24) is 5.32 Å². The summed E-state index contributed by atoms with van der Waals surface area (Å²) in [4.78, 5) is 11.6. The van der Waals surface area contributed by atoms with Crippen molar-refractivity contribution in [2.24, 2.45) is 5.41 Å². The molecular formula is C13H19NO. The summed E-state index contributed by atoms with van der Waals surface area (Å²) in [5, 5.41) is 2.70. The molecule has 0 radical (unpaired) electrons. The van der Waals surface area contributed by atoms with E-state index in [9.17, 15) is 4.79 Å². The summed E-state index contributed by atoms with van der Waals surface area (Å²) in [6.45, 7) is 5.99. The van der Waals surface area contributed by atoms with E-state index in [2.05, 4.69) is 36.5 Å². The highest BCUT2D eigenvalue weighted by Crippen LogP contribution is 2.22. The summed E-state index contributed by atoms with van der Waals surface area (Å²) < 4.78 is 0. The van der Waals surface area contributed by atoms with Crippen LogP contribution in [0.4, 0.5) is 0 Å². The highest BCUT2D eigenvalue weighted by atomic mass is 16.2. The van der Waals surface area contributed by atoms with Crippen molar-refractivity contribution < 1.29 is 4.79 Å². The normalized spacial score (nSPS) is 11.2. The summed E-state index contributed by atoms with van der Waals surface area (Å²) in [5.74, 6) is 0.0862. The number of carbonyl (C=O) groups is 1. The van der Waals surface area contributed by atoms with Gasteiger partial charge in [-0.15, -0.1) is 0 Å². The molecule has 0 unspecified atom stereocenters. The van der Waals surface area contributed by atoms with Gasteiger partial charge >= 0.3 is 0 Å². The van der Waals surface area contributed by atoms with E-state index < -0.39 is 0 Å². The molecule has 0 saturated heterocycles. The zero-order valence-corrected chi connectivity index (χ0v) is 9.92. The van der Waals surface area contributed by atoms with Crippen LogP contribution >= 0.6 is 0 Å². The molecule has 1 aromatic rings. The van der Waals surface area contributed by atoms with E-state index in [1.807, 2.05) is 13.8 Å². The molecule has 0 saturated carbocycles. The van der Waals surface area contributed by atoms with Crippen LogP contribution in [0.2, 0.25) is 0 Å². The van der Waals surface area contributed by atoms with Gasteiger partial charge in [0.15, 0.2) is 0 Å². The molecule has 0 atom stereocenters. The first-order valence-electron chi connectivity index (χ1n) is 5.23. The first kappa shape index (κ1) is 11.8. The van der Waals surface area contributed by atoms with Crippen molar-refractivity contribution in [2.45, 2.75) is 27.2 Å². The molecule has 2 nitrogen and oxygen atoms in total. The SMILES string of the molecule is CNC(=O)C(C)(C)Cc1ccc(C)cc1. The predicted octanol–water partition coefficient (Wildman–Crippen LogP) is 2.31.